The molecule has 0 unspecified atom stereocenters. The summed E-state index contributed by atoms with van der Waals surface area (Å²) in [6.07, 6.45) is 0. The highest BCUT2D eigenvalue weighted by Crippen LogP contribution is 2.40. The van der Waals surface area contributed by atoms with Crippen LogP contribution < -0.4 is 5.32 Å². The van der Waals surface area contributed by atoms with Gasteiger partial charge in [-0.15, -0.1) is 11.6 Å². The van der Waals surface area contributed by atoms with Gasteiger partial charge in [0.2, 0.25) is 0 Å². The molecule has 5 nitrogen and oxygen atoms in total. The zero-order valence-corrected chi connectivity index (χ0v) is 21.6. The minimum Gasteiger partial charge on any atom is -0.368 e. The Labute approximate surface area is 217 Å². The third-order valence-electron chi connectivity index (χ3n) is 6.26. The molecule has 0 bridgehead atoms. The number of hydrogen-bond acceptors (Lipinski definition) is 4. The van der Waals surface area contributed by atoms with Crippen LogP contribution in [-0.2, 0) is 20.4 Å². The molecule has 184 valence electrons. The number of aryl methyl sites for hydroxylation is 1. The number of nitrogens with zero attached hydrogens (tertiary/aromatic N) is 1. The number of carbonyl (C=O) groups is 1. The van der Waals surface area contributed by atoms with Crippen LogP contribution in [0.25, 0.3) is 0 Å². The van der Waals surface area contributed by atoms with Crippen LogP contribution in [0.15, 0.2) is 114 Å². The van der Waals surface area contributed by atoms with Gasteiger partial charge in [-0.3, -0.25) is 4.79 Å². The van der Waals surface area contributed by atoms with Crippen molar-refractivity contribution in [2.24, 2.45) is 0 Å². The van der Waals surface area contributed by atoms with E-state index in [1.54, 1.807) is 12.1 Å². The lowest BCUT2D eigenvalue weighted by molar-refractivity contribution is -0.123. The molecule has 0 heterocycles. The highest BCUT2D eigenvalue weighted by atomic mass is 35.5. The van der Waals surface area contributed by atoms with Gasteiger partial charge in [0.1, 0.15) is 11.4 Å². The molecule has 0 aromatic heterocycles. The molecule has 0 atom stereocenters. The Morgan fingerprint density at radius 3 is 1.64 bits per heavy atom. The number of carbonyl (C=O) groups excluding carboxylic acids is 1. The van der Waals surface area contributed by atoms with Crippen molar-refractivity contribution in [3.63, 3.8) is 0 Å². The second kappa shape index (κ2) is 10.6. The van der Waals surface area contributed by atoms with E-state index >= 15 is 0 Å². The van der Waals surface area contributed by atoms with E-state index in [1.165, 1.54) is 13.1 Å². The Kier molecular flexibility index (Phi) is 7.48. The number of anilines is 1. The average molecular weight is 519 g/mol. The average Bonchev–Trinajstić information content (AvgIpc) is 2.93. The maximum Gasteiger partial charge on any atom is 0.266 e. The first-order valence-corrected chi connectivity index (χ1v) is 13.4. The van der Waals surface area contributed by atoms with Crippen LogP contribution in [0.4, 0.5) is 5.69 Å². The zero-order valence-electron chi connectivity index (χ0n) is 20.1. The van der Waals surface area contributed by atoms with Crippen LogP contribution in [0.5, 0.6) is 0 Å². The van der Waals surface area contributed by atoms with Crippen LogP contribution in [0.2, 0.25) is 0 Å². The van der Waals surface area contributed by atoms with Crippen molar-refractivity contribution in [3.05, 3.63) is 131 Å². The summed E-state index contributed by atoms with van der Waals surface area (Å²) in [5.74, 6) is -1.10. The van der Waals surface area contributed by atoms with Gasteiger partial charge in [0, 0.05) is 12.7 Å². The fraction of sp³-hybridized carbons (Fsp3) is 0.138. The standard InChI is InChI=1S/C29H27ClN2O3S/c1-22-20-26(36(34,35)32(2)28(33)21-30)18-19-27(22)31-29(23-12-6-3-7-13-23,24-14-8-4-9-15-24)25-16-10-5-11-17-25/h3-20,31H,21H2,1-2H3. The lowest BCUT2D eigenvalue weighted by atomic mass is 9.76. The molecule has 1 amide bonds. The van der Waals surface area contributed by atoms with Gasteiger partial charge in [0.05, 0.1) is 4.90 Å². The summed E-state index contributed by atoms with van der Waals surface area (Å²) in [6.45, 7) is 1.84. The first kappa shape index (κ1) is 25.5. The van der Waals surface area contributed by atoms with E-state index in [2.05, 4.69) is 41.7 Å². The number of halogens is 1. The molecular formula is C29H27ClN2O3S. The Bertz CT molecular complexity index is 1350. The summed E-state index contributed by atoms with van der Waals surface area (Å²) in [5.41, 5.74) is 3.83. The largest absolute Gasteiger partial charge is 0.368 e. The second-order valence-electron chi connectivity index (χ2n) is 8.45. The van der Waals surface area contributed by atoms with E-state index in [4.69, 9.17) is 11.6 Å². The lowest BCUT2D eigenvalue weighted by Crippen LogP contribution is -2.38. The van der Waals surface area contributed by atoms with E-state index in [9.17, 15) is 13.2 Å². The number of sulfonamides is 1. The quantitative estimate of drug-likeness (QED) is 0.237. The summed E-state index contributed by atoms with van der Waals surface area (Å²) in [7, 11) is -2.80. The van der Waals surface area contributed by atoms with E-state index in [0.717, 1.165) is 27.9 Å². The van der Waals surface area contributed by atoms with Crippen molar-refractivity contribution in [1.82, 2.24) is 4.31 Å². The SMILES string of the molecule is Cc1cc(S(=O)(=O)N(C)C(=O)CCl)ccc1NC(c1ccccc1)(c1ccccc1)c1ccccc1. The highest BCUT2D eigenvalue weighted by Gasteiger charge is 2.37. The summed E-state index contributed by atoms with van der Waals surface area (Å²) in [4.78, 5) is 12.0. The first-order valence-electron chi connectivity index (χ1n) is 11.4. The van der Waals surface area contributed by atoms with E-state index in [-0.39, 0.29) is 4.90 Å². The van der Waals surface area contributed by atoms with Gasteiger partial charge in [0.25, 0.3) is 15.9 Å². The Hall–Kier alpha value is -3.61. The van der Waals surface area contributed by atoms with E-state index < -0.39 is 27.3 Å². The molecule has 0 aliphatic carbocycles. The Morgan fingerprint density at radius 1 is 0.806 bits per heavy atom. The van der Waals surface area contributed by atoms with Crippen LogP contribution in [0, 0.1) is 6.92 Å². The number of benzene rings is 4. The maximum atomic E-state index is 13.0. The van der Waals surface area contributed by atoms with Crippen LogP contribution in [0.3, 0.4) is 0 Å². The lowest BCUT2D eigenvalue weighted by Gasteiger charge is -2.38. The van der Waals surface area contributed by atoms with Crippen molar-refractivity contribution < 1.29 is 13.2 Å². The zero-order chi connectivity index (χ0) is 25.8. The Balaban J connectivity index is 1.88. The molecule has 0 spiro atoms. The van der Waals surface area contributed by atoms with E-state index in [0.29, 0.717) is 4.31 Å². The van der Waals surface area contributed by atoms with Gasteiger partial charge in [-0.05, 0) is 47.4 Å². The van der Waals surface area contributed by atoms with Crippen molar-refractivity contribution in [2.45, 2.75) is 17.4 Å². The summed E-state index contributed by atoms with van der Waals surface area (Å²) < 4.78 is 26.6. The highest BCUT2D eigenvalue weighted by molar-refractivity contribution is 7.89. The molecule has 0 aliphatic heterocycles. The molecule has 0 aliphatic rings. The van der Waals surface area contributed by atoms with Crippen LogP contribution >= 0.6 is 11.6 Å². The van der Waals surface area contributed by atoms with Gasteiger partial charge < -0.3 is 5.32 Å². The van der Waals surface area contributed by atoms with Crippen LogP contribution in [0.1, 0.15) is 22.3 Å². The number of nitrogens with one attached hydrogen (secondary N) is 1. The molecule has 4 aromatic rings. The van der Waals surface area contributed by atoms with Gasteiger partial charge in [-0.1, -0.05) is 91.0 Å². The molecule has 4 aromatic carbocycles. The predicted molar refractivity (Wildman–Crippen MR) is 145 cm³/mol. The molecule has 1 N–H and O–H groups in total. The van der Waals surface area contributed by atoms with Crippen molar-refractivity contribution in [3.8, 4) is 0 Å². The number of hydrogen-bond donors (Lipinski definition) is 1. The second-order valence-corrected chi connectivity index (χ2v) is 10.7. The van der Waals surface area contributed by atoms with Gasteiger partial charge in [-0.2, -0.15) is 0 Å². The number of rotatable bonds is 8. The van der Waals surface area contributed by atoms with Crippen molar-refractivity contribution in [1.29, 1.82) is 0 Å². The van der Waals surface area contributed by atoms with Gasteiger partial charge in [0.15, 0.2) is 0 Å². The topological polar surface area (TPSA) is 66.5 Å². The minimum absolute atomic E-state index is 0.0243. The third kappa shape index (κ3) is 4.74. The van der Waals surface area contributed by atoms with Crippen molar-refractivity contribution >= 4 is 33.2 Å². The van der Waals surface area contributed by atoms with Crippen molar-refractivity contribution in [2.75, 3.05) is 18.2 Å². The summed E-state index contributed by atoms with van der Waals surface area (Å²) in [5, 5.41) is 3.76. The molecule has 0 radical (unpaired) electrons. The molecule has 4 rings (SSSR count). The maximum absolute atomic E-state index is 13.0. The first-order chi connectivity index (χ1) is 17.3. The Morgan fingerprint density at radius 2 is 1.25 bits per heavy atom. The normalized spacial score (nSPS) is 11.6. The molecule has 7 heteroatoms. The molecule has 0 saturated heterocycles. The minimum atomic E-state index is -4.02. The molecular weight excluding hydrogens is 492 g/mol. The smallest absolute Gasteiger partial charge is 0.266 e. The fourth-order valence-electron chi connectivity index (χ4n) is 4.30. The van der Waals surface area contributed by atoms with Gasteiger partial charge >= 0.3 is 0 Å². The van der Waals surface area contributed by atoms with E-state index in [1.807, 2.05) is 61.5 Å². The molecule has 0 fully saturated rings. The van der Waals surface area contributed by atoms with Crippen LogP contribution in [-0.4, -0.2) is 31.6 Å². The number of alkyl halides is 1. The monoisotopic (exact) mass is 518 g/mol. The fourth-order valence-corrected chi connectivity index (χ4v) is 5.76. The summed E-state index contributed by atoms with van der Waals surface area (Å²) in [6, 6.07) is 35.2. The number of amides is 1. The molecule has 0 saturated carbocycles. The predicted octanol–water partition coefficient (Wildman–Crippen LogP) is 5.78. The van der Waals surface area contributed by atoms with Gasteiger partial charge in [-0.25, -0.2) is 12.7 Å². The summed E-state index contributed by atoms with van der Waals surface area (Å²) >= 11 is 5.58. The third-order valence-corrected chi connectivity index (χ3v) is 8.27. The molecule has 36 heavy (non-hydrogen) atoms.